The molecule has 1 aliphatic heterocycles. The first-order valence-corrected chi connectivity index (χ1v) is 6.79. The minimum atomic E-state index is 0.771. The lowest BCUT2D eigenvalue weighted by Gasteiger charge is -2.22. The Morgan fingerprint density at radius 3 is 3.00 bits per heavy atom. The van der Waals surface area contributed by atoms with E-state index >= 15 is 0 Å². The first kappa shape index (κ1) is 12.2. The summed E-state index contributed by atoms with van der Waals surface area (Å²) in [6, 6.07) is 6.41. The van der Waals surface area contributed by atoms with Gasteiger partial charge in [-0.2, -0.15) is 0 Å². The monoisotopic (exact) mass is 257 g/mol. The Morgan fingerprint density at radius 2 is 2.16 bits per heavy atom. The average molecular weight is 257 g/mol. The zero-order chi connectivity index (χ0) is 13.2. The molecule has 0 spiro atoms. The van der Waals surface area contributed by atoms with Crippen molar-refractivity contribution in [2.75, 3.05) is 31.1 Å². The van der Waals surface area contributed by atoms with E-state index in [1.807, 2.05) is 17.8 Å². The zero-order valence-corrected chi connectivity index (χ0v) is 11.2. The number of nitrogens with one attached hydrogen (secondary N) is 1. The summed E-state index contributed by atoms with van der Waals surface area (Å²) in [6.07, 6.45) is 3.99. The van der Waals surface area contributed by atoms with E-state index in [-0.39, 0.29) is 0 Å². The van der Waals surface area contributed by atoms with Crippen LogP contribution in [-0.4, -0.2) is 37.0 Å². The highest BCUT2D eigenvalue weighted by Crippen LogP contribution is 2.25. The average Bonchev–Trinajstić information content (AvgIpc) is 2.63. The topological polar surface area (TPSA) is 37.3 Å². The lowest BCUT2D eigenvalue weighted by Crippen LogP contribution is -2.27. The van der Waals surface area contributed by atoms with Crippen LogP contribution in [0.25, 0.3) is 10.9 Å². The molecule has 100 valence electrons. The third-order valence-corrected chi connectivity index (χ3v) is 3.84. The van der Waals surface area contributed by atoms with Crippen LogP contribution >= 0.6 is 0 Å². The van der Waals surface area contributed by atoms with Crippen molar-refractivity contribution in [3.05, 3.63) is 30.0 Å². The summed E-state index contributed by atoms with van der Waals surface area (Å²) in [5.41, 5.74) is 3.09. The Hall–Kier alpha value is -1.81. The van der Waals surface area contributed by atoms with Gasteiger partial charge in [0.1, 0.15) is 0 Å². The Balaban J connectivity index is 2.02. The summed E-state index contributed by atoms with van der Waals surface area (Å²) in [7, 11) is 1.98. The lowest BCUT2D eigenvalue weighted by atomic mass is 10.1. The molecule has 4 heteroatoms. The van der Waals surface area contributed by atoms with Crippen molar-refractivity contribution in [1.82, 2.24) is 9.88 Å². The van der Waals surface area contributed by atoms with Crippen molar-refractivity contribution < 1.29 is 4.79 Å². The molecule has 1 aromatic heterocycles. The highest BCUT2D eigenvalue weighted by Gasteiger charge is 2.12. The fraction of sp³-hybridized carbons (Fsp3) is 0.400. The van der Waals surface area contributed by atoms with E-state index in [4.69, 9.17) is 0 Å². The number of hydrogen-bond acceptors (Lipinski definition) is 3. The van der Waals surface area contributed by atoms with Crippen molar-refractivity contribution in [2.45, 2.75) is 6.42 Å². The van der Waals surface area contributed by atoms with Crippen molar-refractivity contribution in [1.29, 1.82) is 0 Å². The third kappa shape index (κ3) is 2.24. The Kier molecular flexibility index (Phi) is 3.25. The Bertz CT molecular complexity index is 595. The molecule has 2 heterocycles. The summed E-state index contributed by atoms with van der Waals surface area (Å²) in [4.78, 5) is 13.5. The number of anilines is 1. The van der Waals surface area contributed by atoms with Gasteiger partial charge in [-0.1, -0.05) is 0 Å². The molecule has 0 atom stereocenters. The SMILES string of the molecule is Cn1cc(C=O)c2cc(N3CCCNCC3)ccc21. The lowest BCUT2D eigenvalue weighted by molar-refractivity contribution is 0.112. The molecule has 3 rings (SSSR count). The number of aryl methyl sites for hydroxylation is 1. The summed E-state index contributed by atoms with van der Waals surface area (Å²) in [5.74, 6) is 0. The van der Waals surface area contributed by atoms with Gasteiger partial charge in [0.2, 0.25) is 0 Å². The predicted octanol–water partition coefficient (Wildman–Crippen LogP) is 1.79. The van der Waals surface area contributed by atoms with Gasteiger partial charge in [-0.3, -0.25) is 4.79 Å². The van der Waals surface area contributed by atoms with Crippen LogP contribution in [0.15, 0.2) is 24.4 Å². The number of hydrogen-bond donors (Lipinski definition) is 1. The Morgan fingerprint density at radius 1 is 1.26 bits per heavy atom. The van der Waals surface area contributed by atoms with Gasteiger partial charge in [-0.25, -0.2) is 0 Å². The predicted molar refractivity (Wildman–Crippen MR) is 78.0 cm³/mol. The standard InChI is InChI=1S/C15H19N3O/c1-17-10-12(11-19)14-9-13(3-4-15(14)17)18-7-2-5-16-6-8-18/h3-4,9-11,16H,2,5-8H2,1H3. The number of carbonyl (C=O) groups excluding carboxylic acids is 1. The van der Waals surface area contributed by atoms with Crippen LogP contribution in [0, 0.1) is 0 Å². The maximum Gasteiger partial charge on any atom is 0.152 e. The normalized spacial score (nSPS) is 16.6. The molecule has 0 unspecified atom stereocenters. The minimum absolute atomic E-state index is 0.771. The van der Waals surface area contributed by atoms with Crippen LogP contribution in [0.4, 0.5) is 5.69 Å². The van der Waals surface area contributed by atoms with Crippen molar-refractivity contribution in [2.24, 2.45) is 7.05 Å². The van der Waals surface area contributed by atoms with E-state index < -0.39 is 0 Å². The van der Waals surface area contributed by atoms with E-state index in [9.17, 15) is 4.79 Å². The molecule has 0 aliphatic carbocycles. The van der Waals surface area contributed by atoms with Crippen LogP contribution in [0.5, 0.6) is 0 Å². The molecule has 4 nitrogen and oxygen atoms in total. The smallest absolute Gasteiger partial charge is 0.152 e. The molecule has 0 radical (unpaired) electrons. The number of fused-ring (bicyclic) bond motifs is 1. The number of nitrogens with zero attached hydrogens (tertiary/aromatic N) is 2. The van der Waals surface area contributed by atoms with Gasteiger partial charge in [0, 0.05) is 55.0 Å². The molecule has 0 amide bonds. The number of rotatable bonds is 2. The maximum atomic E-state index is 11.1. The second-order valence-corrected chi connectivity index (χ2v) is 5.11. The second-order valence-electron chi connectivity index (χ2n) is 5.11. The molecule has 1 aliphatic rings. The zero-order valence-electron chi connectivity index (χ0n) is 11.2. The third-order valence-electron chi connectivity index (χ3n) is 3.84. The number of benzene rings is 1. The molecule has 1 aromatic carbocycles. The van der Waals surface area contributed by atoms with Gasteiger partial charge in [0.25, 0.3) is 0 Å². The second kappa shape index (κ2) is 5.05. The van der Waals surface area contributed by atoms with Crippen molar-refractivity contribution >= 4 is 22.9 Å². The van der Waals surface area contributed by atoms with Gasteiger partial charge in [0.05, 0.1) is 0 Å². The first-order valence-electron chi connectivity index (χ1n) is 6.79. The maximum absolute atomic E-state index is 11.1. The molecule has 1 saturated heterocycles. The number of carbonyl (C=O) groups is 1. The van der Waals surface area contributed by atoms with Crippen LogP contribution in [-0.2, 0) is 7.05 Å². The minimum Gasteiger partial charge on any atom is -0.370 e. The van der Waals surface area contributed by atoms with Crippen molar-refractivity contribution in [3.63, 3.8) is 0 Å². The molecular weight excluding hydrogens is 238 g/mol. The van der Waals surface area contributed by atoms with Gasteiger partial charge < -0.3 is 14.8 Å². The summed E-state index contributed by atoms with van der Waals surface area (Å²) >= 11 is 0. The van der Waals surface area contributed by atoms with Gasteiger partial charge in [0.15, 0.2) is 6.29 Å². The molecule has 2 aromatic rings. The molecular formula is C15H19N3O. The number of aromatic nitrogens is 1. The number of aldehydes is 1. The molecule has 0 saturated carbocycles. The largest absolute Gasteiger partial charge is 0.370 e. The van der Waals surface area contributed by atoms with Crippen LogP contribution in [0.3, 0.4) is 0 Å². The van der Waals surface area contributed by atoms with Gasteiger partial charge in [-0.05, 0) is 31.2 Å². The van der Waals surface area contributed by atoms with Crippen LogP contribution < -0.4 is 10.2 Å². The highest BCUT2D eigenvalue weighted by molar-refractivity contribution is 5.99. The van der Waals surface area contributed by atoms with Crippen LogP contribution in [0.1, 0.15) is 16.8 Å². The Labute approximate surface area is 113 Å². The fourth-order valence-electron chi connectivity index (χ4n) is 2.81. The molecule has 1 N–H and O–H groups in total. The molecule has 1 fully saturated rings. The van der Waals surface area contributed by atoms with Crippen LogP contribution in [0.2, 0.25) is 0 Å². The van der Waals surface area contributed by atoms with Crippen molar-refractivity contribution in [3.8, 4) is 0 Å². The van der Waals surface area contributed by atoms with Gasteiger partial charge in [-0.15, -0.1) is 0 Å². The quantitative estimate of drug-likeness (QED) is 0.833. The summed E-state index contributed by atoms with van der Waals surface area (Å²) in [6.45, 7) is 4.20. The summed E-state index contributed by atoms with van der Waals surface area (Å²) < 4.78 is 2.01. The summed E-state index contributed by atoms with van der Waals surface area (Å²) in [5, 5.41) is 4.46. The van der Waals surface area contributed by atoms with E-state index in [2.05, 4.69) is 28.4 Å². The highest BCUT2D eigenvalue weighted by atomic mass is 16.1. The molecule has 0 bridgehead atoms. The van der Waals surface area contributed by atoms with E-state index in [1.54, 1.807) is 0 Å². The van der Waals surface area contributed by atoms with E-state index in [1.165, 1.54) is 5.69 Å². The van der Waals surface area contributed by atoms with Gasteiger partial charge >= 0.3 is 0 Å². The fourth-order valence-corrected chi connectivity index (χ4v) is 2.81. The molecule has 19 heavy (non-hydrogen) atoms. The van der Waals surface area contributed by atoms with E-state index in [0.717, 1.165) is 55.4 Å². The van der Waals surface area contributed by atoms with E-state index in [0.29, 0.717) is 0 Å². The first-order chi connectivity index (χ1) is 9.29.